The van der Waals surface area contributed by atoms with Gasteiger partial charge in [-0.05, 0) is 43.0 Å². The van der Waals surface area contributed by atoms with Gasteiger partial charge in [-0.1, -0.05) is 25.4 Å². The summed E-state index contributed by atoms with van der Waals surface area (Å²) < 4.78 is 5.45. The number of hydrogen-bond acceptors (Lipinski definition) is 2. The highest BCUT2D eigenvalue weighted by Gasteiger charge is 2.17. The third-order valence-corrected chi connectivity index (χ3v) is 2.97. The lowest BCUT2D eigenvalue weighted by atomic mass is 10.0. The predicted octanol–water partition coefficient (Wildman–Crippen LogP) is 3.62. The highest BCUT2D eigenvalue weighted by molar-refractivity contribution is 6.31. The second-order valence-electron chi connectivity index (χ2n) is 4.39. The van der Waals surface area contributed by atoms with Crippen molar-refractivity contribution >= 4 is 17.6 Å². The van der Waals surface area contributed by atoms with Gasteiger partial charge in [-0.2, -0.15) is 0 Å². The number of benzene rings is 1. The Morgan fingerprint density at radius 2 is 1.94 bits per heavy atom. The third-order valence-electron chi connectivity index (χ3n) is 2.56. The molecule has 0 saturated carbocycles. The summed E-state index contributed by atoms with van der Waals surface area (Å²) in [5.74, 6) is -0.159. The summed E-state index contributed by atoms with van der Waals surface area (Å²) in [5.41, 5.74) is 1.80. The Morgan fingerprint density at radius 3 is 2.41 bits per heavy atom. The minimum Gasteiger partial charge on any atom is -0.479 e. The first-order valence-corrected chi connectivity index (χ1v) is 5.90. The lowest BCUT2D eigenvalue weighted by Gasteiger charge is -2.18. The fraction of sp³-hybridized carbons (Fsp3) is 0.462. The number of ether oxygens (including phenoxy) is 1. The topological polar surface area (TPSA) is 46.5 Å². The van der Waals surface area contributed by atoms with E-state index < -0.39 is 12.1 Å². The van der Waals surface area contributed by atoms with Gasteiger partial charge in [-0.25, -0.2) is 4.79 Å². The van der Waals surface area contributed by atoms with Crippen LogP contribution in [0.15, 0.2) is 12.1 Å². The molecule has 1 rings (SSSR count). The molecule has 94 valence electrons. The zero-order valence-corrected chi connectivity index (χ0v) is 11.2. The van der Waals surface area contributed by atoms with Crippen LogP contribution in [0.2, 0.25) is 5.02 Å². The van der Waals surface area contributed by atoms with E-state index in [0.29, 0.717) is 10.8 Å². The van der Waals surface area contributed by atoms with Crippen molar-refractivity contribution in [3.05, 3.63) is 28.3 Å². The van der Waals surface area contributed by atoms with Gasteiger partial charge < -0.3 is 9.84 Å². The molecule has 1 aromatic rings. The number of hydrogen-bond donors (Lipinski definition) is 1. The number of carboxylic acids is 1. The van der Waals surface area contributed by atoms with Crippen molar-refractivity contribution in [1.29, 1.82) is 0 Å². The van der Waals surface area contributed by atoms with E-state index in [1.54, 1.807) is 6.07 Å². The molecule has 0 aliphatic rings. The number of aryl methyl sites for hydroxylation is 1. The summed E-state index contributed by atoms with van der Waals surface area (Å²) in [6, 6.07) is 3.63. The molecule has 0 spiro atoms. The highest BCUT2D eigenvalue weighted by atomic mass is 35.5. The lowest BCUT2D eigenvalue weighted by molar-refractivity contribution is -0.144. The molecular weight excluding hydrogens is 240 g/mol. The highest BCUT2D eigenvalue weighted by Crippen LogP contribution is 2.32. The predicted molar refractivity (Wildman–Crippen MR) is 68.0 cm³/mol. The van der Waals surface area contributed by atoms with E-state index in [-0.39, 0.29) is 5.92 Å². The molecule has 0 aromatic heterocycles. The number of aliphatic carboxylic acids is 1. The van der Waals surface area contributed by atoms with Crippen LogP contribution in [-0.2, 0) is 4.79 Å². The fourth-order valence-corrected chi connectivity index (χ4v) is 1.64. The zero-order chi connectivity index (χ0) is 13.2. The Labute approximate surface area is 106 Å². The van der Waals surface area contributed by atoms with Crippen molar-refractivity contribution in [3.63, 3.8) is 0 Å². The largest absolute Gasteiger partial charge is 0.479 e. The summed E-state index contributed by atoms with van der Waals surface area (Å²) in [4.78, 5) is 10.8. The number of carbonyl (C=O) groups is 1. The van der Waals surface area contributed by atoms with Gasteiger partial charge in [0.2, 0.25) is 0 Å². The van der Waals surface area contributed by atoms with E-state index in [2.05, 4.69) is 0 Å². The molecule has 1 atom stereocenters. The maximum atomic E-state index is 10.8. The molecule has 0 aliphatic heterocycles. The second kappa shape index (κ2) is 5.41. The summed E-state index contributed by atoms with van der Waals surface area (Å²) in [5, 5.41) is 9.52. The van der Waals surface area contributed by atoms with Gasteiger partial charge >= 0.3 is 5.97 Å². The van der Waals surface area contributed by atoms with E-state index in [0.717, 1.165) is 11.1 Å². The molecule has 0 unspecified atom stereocenters. The Hall–Kier alpha value is -1.22. The van der Waals surface area contributed by atoms with Gasteiger partial charge in [0.1, 0.15) is 5.75 Å². The smallest absolute Gasteiger partial charge is 0.344 e. The van der Waals surface area contributed by atoms with Gasteiger partial charge in [0.15, 0.2) is 6.10 Å². The number of halogens is 1. The second-order valence-corrected chi connectivity index (χ2v) is 4.80. The first kappa shape index (κ1) is 13.8. The lowest BCUT2D eigenvalue weighted by Crippen LogP contribution is -2.23. The molecule has 0 heterocycles. The normalized spacial score (nSPS) is 12.6. The fourth-order valence-electron chi connectivity index (χ4n) is 1.46. The van der Waals surface area contributed by atoms with Crippen LogP contribution in [0.3, 0.4) is 0 Å². The van der Waals surface area contributed by atoms with Crippen molar-refractivity contribution in [2.24, 2.45) is 0 Å². The number of rotatable bonds is 4. The minimum atomic E-state index is -0.979. The van der Waals surface area contributed by atoms with E-state index >= 15 is 0 Å². The van der Waals surface area contributed by atoms with Crippen LogP contribution in [0.1, 0.15) is 37.8 Å². The van der Waals surface area contributed by atoms with E-state index in [4.69, 9.17) is 21.4 Å². The van der Waals surface area contributed by atoms with Crippen LogP contribution in [0.5, 0.6) is 5.75 Å². The van der Waals surface area contributed by atoms with Gasteiger partial charge in [-0.15, -0.1) is 0 Å². The van der Waals surface area contributed by atoms with Crippen molar-refractivity contribution < 1.29 is 14.6 Å². The van der Waals surface area contributed by atoms with Crippen LogP contribution in [-0.4, -0.2) is 17.2 Å². The van der Waals surface area contributed by atoms with Crippen LogP contribution in [0.25, 0.3) is 0 Å². The van der Waals surface area contributed by atoms with Gasteiger partial charge in [0.25, 0.3) is 0 Å². The molecule has 0 saturated heterocycles. The average Bonchev–Trinajstić information content (AvgIpc) is 2.22. The monoisotopic (exact) mass is 256 g/mol. The molecular formula is C13H17ClO3. The average molecular weight is 257 g/mol. The third kappa shape index (κ3) is 3.37. The maximum Gasteiger partial charge on any atom is 0.344 e. The van der Waals surface area contributed by atoms with Crippen LogP contribution in [0, 0.1) is 6.92 Å². The van der Waals surface area contributed by atoms with Crippen LogP contribution >= 0.6 is 11.6 Å². The molecule has 0 radical (unpaired) electrons. The Kier molecular flexibility index (Phi) is 4.40. The van der Waals surface area contributed by atoms with Crippen LogP contribution < -0.4 is 4.74 Å². The van der Waals surface area contributed by atoms with Crippen molar-refractivity contribution in [1.82, 2.24) is 0 Å². The number of carboxylic acid groups (broad SMARTS) is 1. The first-order valence-electron chi connectivity index (χ1n) is 5.52. The van der Waals surface area contributed by atoms with E-state index in [1.165, 1.54) is 6.92 Å². The Bertz CT molecular complexity index is 427. The molecule has 1 N–H and O–H groups in total. The molecule has 0 amide bonds. The van der Waals surface area contributed by atoms with Crippen molar-refractivity contribution in [3.8, 4) is 5.75 Å². The molecule has 4 heteroatoms. The summed E-state index contributed by atoms with van der Waals surface area (Å²) >= 11 is 6.06. The van der Waals surface area contributed by atoms with Gasteiger partial charge in [0, 0.05) is 5.02 Å². The van der Waals surface area contributed by atoms with E-state index in [1.807, 2.05) is 26.8 Å². The summed E-state index contributed by atoms with van der Waals surface area (Å²) in [6.07, 6.45) is -0.868. The zero-order valence-electron chi connectivity index (χ0n) is 10.5. The molecule has 17 heavy (non-hydrogen) atoms. The Morgan fingerprint density at radius 1 is 1.35 bits per heavy atom. The quantitative estimate of drug-likeness (QED) is 0.895. The molecule has 0 aliphatic carbocycles. The van der Waals surface area contributed by atoms with Gasteiger partial charge in [0.05, 0.1) is 0 Å². The minimum absolute atomic E-state index is 0.226. The van der Waals surface area contributed by atoms with E-state index in [9.17, 15) is 4.79 Å². The molecule has 0 bridgehead atoms. The van der Waals surface area contributed by atoms with Crippen LogP contribution in [0.4, 0.5) is 0 Å². The SMILES string of the molecule is Cc1cc(O[C@@H](C)C(=O)O)c(C(C)C)cc1Cl. The molecule has 3 nitrogen and oxygen atoms in total. The summed E-state index contributed by atoms with van der Waals surface area (Å²) in [7, 11) is 0. The maximum absolute atomic E-state index is 10.8. The molecule has 1 aromatic carbocycles. The summed E-state index contributed by atoms with van der Waals surface area (Å²) in [6.45, 7) is 7.40. The first-order chi connectivity index (χ1) is 7.82. The molecule has 0 fully saturated rings. The van der Waals surface area contributed by atoms with Gasteiger partial charge in [-0.3, -0.25) is 0 Å². The Balaban J connectivity index is 3.12. The van der Waals surface area contributed by atoms with Crippen molar-refractivity contribution in [2.75, 3.05) is 0 Å². The van der Waals surface area contributed by atoms with Crippen molar-refractivity contribution in [2.45, 2.75) is 39.7 Å². The standard InChI is InChI=1S/C13H17ClO3/c1-7(2)10-6-11(14)8(3)5-12(10)17-9(4)13(15)16/h5-7,9H,1-4H3,(H,15,16)/t9-/m0/s1.